The largest absolute Gasteiger partial charge is 0.494 e. The number of amides is 1. The van der Waals surface area contributed by atoms with Crippen molar-refractivity contribution in [3.63, 3.8) is 0 Å². The molecule has 1 amide bonds. The zero-order chi connectivity index (χ0) is 17.9. The van der Waals surface area contributed by atoms with Crippen molar-refractivity contribution in [1.82, 2.24) is 5.32 Å². The monoisotopic (exact) mass is 355 g/mol. The Morgan fingerprint density at radius 2 is 1.96 bits per heavy atom. The smallest absolute Gasteiger partial charge is 0.252 e. The lowest BCUT2D eigenvalue weighted by atomic mass is 10.1. The van der Waals surface area contributed by atoms with Crippen LogP contribution in [-0.4, -0.2) is 24.8 Å². The SMILES string of the molecule is C=CCSc1ccccc1C(=O)NCCCc1ccccc1OCC. The molecule has 2 rings (SSSR count). The summed E-state index contributed by atoms with van der Waals surface area (Å²) in [6, 6.07) is 15.8. The molecule has 0 bridgehead atoms. The van der Waals surface area contributed by atoms with E-state index >= 15 is 0 Å². The second-order valence-corrected chi connectivity index (χ2v) is 6.56. The van der Waals surface area contributed by atoms with Gasteiger partial charge in [0.25, 0.3) is 5.91 Å². The summed E-state index contributed by atoms with van der Waals surface area (Å²) in [4.78, 5) is 13.4. The van der Waals surface area contributed by atoms with Crippen LogP contribution in [0.3, 0.4) is 0 Å². The van der Waals surface area contributed by atoms with Gasteiger partial charge in [0.15, 0.2) is 0 Å². The Hall–Kier alpha value is -2.20. The fourth-order valence-electron chi connectivity index (χ4n) is 2.51. The topological polar surface area (TPSA) is 38.3 Å². The molecule has 0 aliphatic carbocycles. The van der Waals surface area contributed by atoms with Crippen LogP contribution in [0.4, 0.5) is 0 Å². The van der Waals surface area contributed by atoms with Gasteiger partial charge in [0.05, 0.1) is 12.2 Å². The molecule has 0 fully saturated rings. The van der Waals surface area contributed by atoms with Crippen LogP contribution in [0.15, 0.2) is 66.1 Å². The summed E-state index contributed by atoms with van der Waals surface area (Å²) < 4.78 is 5.64. The van der Waals surface area contributed by atoms with Crippen LogP contribution in [0.2, 0.25) is 0 Å². The van der Waals surface area contributed by atoms with Crippen molar-refractivity contribution >= 4 is 17.7 Å². The number of carbonyl (C=O) groups excluding carboxylic acids is 1. The molecule has 3 nitrogen and oxygen atoms in total. The quantitative estimate of drug-likeness (QED) is 0.380. The van der Waals surface area contributed by atoms with Crippen LogP contribution in [0, 0.1) is 0 Å². The third-order valence-corrected chi connectivity index (χ3v) is 4.74. The van der Waals surface area contributed by atoms with E-state index in [0.29, 0.717) is 13.2 Å². The minimum absolute atomic E-state index is 0.0229. The minimum atomic E-state index is -0.0229. The minimum Gasteiger partial charge on any atom is -0.494 e. The summed E-state index contributed by atoms with van der Waals surface area (Å²) in [6.07, 6.45) is 3.59. The molecule has 2 aromatic carbocycles. The standard InChI is InChI=1S/C21H25NO2S/c1-3-16-25-20-14-8-6-12-18(20)21(23)22-15-9-11-17-10-5-7-13-19(17)24-4-2/h3,5-8,10,12-14H,1,4,9,11,15-16H2,2H3,(H,22,23). The number of hydrogen-bond donors (Lipinski definition) is 1. The predicted molar refractivity (Wildman–Crippen MR) is 106 cm³/mol. The molecule has 2 aromatic rings. The Morgan fingerprint density at radius 3 is 2.76 bits per heavy atom. The summed E-state index contributed by atoms with van der Waals surface area (Å²) in [5, 5.41) is 3.02. The van der Waals surface area contributed by atoms with Gasteiger partial charge in [-0.05, 0) is 43.5 Å². The van der Waals surface area contributed by atoms with Gasteiger partial charge in [0.2, 0.25) is 0 Å². The van der Waals surface area contributed by atoms with E-state index in [0.717, 1.165) is 34.8 Å². The van der Waals surface area contributed by atoms with E-state index in [1.165, 1.54) is 5.56 Å². The van der Waals surface area contributed by atoms with Crippen molar-refractivity contribution in [3.05, 3.63) is 72.3 Å². The summed E-state index contributed by atoms with van der Waals surface area (Å²) in [5.74, 6) is 1.70. The van der Waals surface area contributed by atoms with Gasteiger partial charge < -0.3 is 10.1 Å². The molecule has 0 aliphatic rings. The molecule has 1 N–H and O–H groups in total. The maximum atomic E-state index is 12.4. The third kappa shape index (κ3) is 5.98. The Morgan fingerprint density at radius 1 is 1.20 bits per heavy atom. The summed E-state index contributed by atoms with van der Waals surface area (Å²) in [5.41, 5.74) is 1.91. The highest BCUT2D eigenvalue weighted by Gasteiger charge is 2.10. The van der Waals surface area contributed by atoms with E-state index in [1.807, 2.05) is 55.5 Å². The van der Waals surface area contributed by atoms with E-state index in [9.17, 15) is 4.79 Å². The number of hydrogen-bond acceptors (Lipinski definition) is 3. The van der Waals surface area contributed by atoms with Crippen molar-refractivity contribution in [2.24, 2.45) is 0 Å². The highest BCUT2D eigenvalue weighted by molar-refractivity contribution is 7.99. The summed E-state index contributed by atoms with van der Waals surface area (Å²) in [7, 11) is 0. The van der Waals surface area contributed by atoms with Crippen molar-refractivity contribution < 1.29 is 9.53 Å². The molecule has 4 heteroatoms. The Balaban J connectivity index is 1.86. The van der Waals surface area contributed by atoms with Crippen molar-refractivity contribution in [1.29, 1.82) is 0 Å². The summed E-state index contributed by atoms with van der Waals surface area (Å²) in [6.45, 7) is 7.01. The van der Waals surface area contributed by atoms with E-state index in [1.54, 1.807) is 11.8 Å². The average Bonchev–Trinajstić information content (AvgIpc) is 2.65. The summed E-state index contributed by atoms with van der Waals surface area (Å²) >= 11 is 1.62. The molecule has 0 unspecified atom stereocenters. The first-order valence-corrected chi connectivity index (χ1v) is 9.56. The zero-order valence-corrected chi connectivity index (χ0v) is 15.5. The second-order valence-electron chi connectivity index (χ2n) is 5.50. The molecule has 0 aromatic heterocycles. The Labute approximate surface area is 154 Å². The molecule has 0 atom stereocenters. The highest BCUT2D eigenvalue weighted by atomic mass is 32.2. The lowest BCUT2D eigenvalue weighted by molar-refractivity contribution is 0.0950. The molecule has 0 radical (unpaired) electrons. The van der Waals surface area contributed by atoms with Gasteiger partial charge >= 0.3 is 0 Å². The number of nitrogens with one attached hydrogen (secondary N) is 1. The predicted octanol–water partition coefficient (Wildman–Crippen LogP) is 4.73. The Kier molecular flexibility index (Phi) is 8.13. The number of carbonyl (C=O) groups is 1. The van der Waals surface area contributed by atoms with Gasteiger partial charge in [0.1, 0.15) is 5.75 Å². The van der Waals surface area contributed by atoms with Crippen LogP contribution in [0.1, 0.15) is 29.3 Å². The number of thioether (sulfide) groups is 1. The van der Waals surface area contributed by atoms with Crippen molar-refractivity contribution in [2.45, 2.75) is 24.7 Å². The fraction of sp³-hybridized carbons (Fsp3) is 0.286. The van der Waals surface area contributed by atoms with Crippen LogP contribution in [0.5, 0.6) is 5.75 Å². The average molecular weight is 356 g/mol. The molecule has 0 aliphatic heterocycles. The van der Waals surface area contributed by atoms with Gasteiger partial charge in [0, 0.05) is 17.2 Å². The van der Waals surface area contributed by atoms with Crippen molar-refractivity contribution in [2.75, 3.05) is 18.9 Å². The molecule has 0 saturated carbocycles. The maximum Gasteiger partial charge on any atom is 0.252 e. The van der Waals surface area contributed by atoms with Gasteiger partial charge in [-0.25, -0.2) is 0 Å². The number of aryl methyl sites for hydroxylation is 1. The second kappa shape index (κ2) is 10.6. The van der Waals surface area contributed by atoms with E-state index in [2.05, 4.69) is 18.0 Å². The lowest BCUT2D eigenvalue weighted by Gasteiger charge is -2.11. The molecule has 0 spiro atoms. The number of ether oxygens (including phenoxy) is 1. The van der Waals surface area contributed by atoms with Gasteiger partial charge in [-0.2, -0.15) is 0 Å². The van der Waals surface area contributed by atoms with Gasteiger partial charge in [-0.3, -0.25) is 4.79 Å². The molecule has 0 saturated heterocycles. The first-order chi connectivity index (χ1) is 12.3. The number of para-hydroxylation sites is 1. The molecule has 0 heterocycles. The van der Waals surface area contributed by atoms with Crippen molar-refractivity contribution in [3.8, 4) is 5.75 Å². The van der Waals surface area contributed by atoms with Crippen LogP contribution < -0.4 is 10.1 Å². The van der Waals surface area contributed by atoms with Crippen LogP contribution in [0.25, 0.3) is 0 Å². The van der Waals surface area contributed by atoms with E-state index < -0.39 is 0 Å². The zero-order valence-electron chi connectivity index (χ0n) is 14.7. The molecular formula is C21H25NO2S. The van der Waals surface area contributed by atoms with Gasteiger partial charge in [-0.15, -0.1) is 18.3 Å². The van der Waals surface area contributed by atoms with E-state index in [4.69, 9.17) is 4.74 Å². The molecular weight excluding hydrogens is 330 g/mol. The Bertz CT molecular complexity index is 700. The molecule has 132 valence electrons. The highest BCUT2D eigenvalue weighted by Crippen LogP contribution is 2.23. The van der Waals surface area contributed by atoms with E-state index in [-0.39, 0.29) is 5.91 Å². The number of benzene rings is 2. The number of rotatable bonds is 10. The first kappa shape index (κ1) is 19.1. The normalized spacial score (nSPS) is 10.3. The lowest BCUT2D eigenvalue weighted by Crippen LogP contribution is -2.25. The van der Waals surface area contributed by atoms with Crippen LogP contribution >= 0.6 is 11.8 Å². The fourth-order valence-corrected chi connectivity index (χ4v) is 3.30. The maximum absolute atomic E-state index is 12.4. The van der Waals surface area contributed by atoms with Crippen LogP contribution in [-0.2, 0) is 6.42 Å². The van der Waals surface area contributed by atoms with Gasteiger partial charge in [-0.1, -0.05) is 36.4 Å². The third-order valence-electron chi connectivity index (χ3n) is 3.67. The first-order valence-electron chi connectivity index (χ1n) is 8.58. The molecule has 25 heavy (non-hydrogen) atoms.